The molecule has 1 heteroatoms. The molecule has 1 heterocycles. The van der Waals surface area contributed by atoms with Crippen molar-refractivity contribution >= 4 is 64.8 Å². The first kappa shape index (κ1) is 22.8. The molecule has 0 spiro atoms. The highest BCUT2D eigenvalue weighted by Gasteiger charge is 2.21. The zero-order chi connectivity index (χ0) is 41.8. The largest absolute Gasteiger partial charge is 0.456 e. The van der Waals surface area contributed by atoms with Crippen LogP contribution < -0.4 is 0 Å². The monoisotopic (exact) mass is 680 g/mol. The molecule has 1 nitrogen and oxygen atoms in total. The third-order valence-corrected chi connectivity index (χ3v) is 10.5. The van der Waals surface area contributed by atoms with E-state index < -0.39 is 24.2 Å². The maximum absolute atomic E-state index is 9.56. The maximum atomic E-state index is 9.56. The molecule has 0 saturated heterocycles. The van der Waals surface area contributed by atoms with Crippen LogP contribution in [0.25, 0.3) is 110 Å². The SMILES string of the molecule is [2H]c1c([2H])c([2H])c2c(-c3cc4c(-c5ccccc5)cccc4o3)c3c([2H])c([2H])c([2H])c([2H])c3c(-c3cc(-c4ccc5ccc6ccccc6c5c4)c4ccccc4c3)c2c1[2H]. The van der Waals surface area contributed by atoms with E-state index in [9.17, 15) is 5.48 Å². The first-order valence-corrected chi connectivity index (χ1v) is 17.6. The van der Waals surface area contributed by atoms with E-state index in [2.05, 4.69) is 42.5 Å². The Labute approximate surface area is 318 Å². The Hall–Kier alpha value is -6.96. The Morgan fingerprint density at radius 2 is 0.962 bits per heavy atom. The summed E-state index contributed by atoms with van der Waals surface area (Å²) in [5.41, 5.74) is 5.13. The van der Waals surface area contributed by atoms with Gasteiger partial charge in [-0.1, -0.05) is 164 Å². The lowest BCUT2D eigenvalue weighted by Gasteiger charge is -2.18. The molecule has 246 valence electrons. The average Bonchev–Trinajstić information content (AvgIpc) is 3.74. The van der Waals surface area contributed by atoms with Crippen LogP contribution in [0.2, 0.25) is 0 Å². The molecular formula is C52H32O. The van der Waals surface area contributed by atoms with E-state index in [-0.39, 0.29) is 62.6 Å². The normalized spacial score (nSPS) is 13.9. The fourth-order valence-corrected chi connectivity index (χ4v) is 8.08. The van der Waals surface area contributed by atoms with Gasteiger partial charge in [0.05, 0.1) is 11.0 Å². The zero-order valence-electron chi connectivity index (χ0n) is 36.3. The van der Waals surface area contributed by atoms with Gasteiger partial charge in [0, 0.05) is 10.9 Å². The second kappa shape index (κ2) is 11.8. The van der Waals surface area contributed by atoms with Crippen molar-refractivity contribution < 1.29 is 15.4 Å². The van der Waals surface area contributed by atoms with Gasteiger partial charge in [0.2, 0.25) is 0 Å². The lowest BCUT2D eigenvalue weighted by molar-refractivity contribution is 0.633. The Kier molecular flexibility index (Phi) is 5.07. The number of hydrogen-bond donors (Lipinski definition) is 0. The Morgan fingerprint density at radius 3 is 1.72 bits per heavy atom. The highest BCUT2D eigenvalue weighted by Crippen LogP contribution is 2.47. The van der Waals surface area contributed by atoms with Gasteiger partial charge in [0.15, 0.2) is 0 Å². The number of hydrogen-bond acceptors (Lipinski definition) is 1. The van der Waals surface area contributed by atoms with Crippen LogP contribution in [0.5, 0.6) is 0 Å². The topological polar surface area (TPSA) is 13.1 Å². The van der Waals surface area contributed by atoms with E-state index >= 15 is 0 Å². The van der Waals surface area contributed by atoms with Crippen LogP contribution in [0.3, 0.4) is 0 Å². The minimum atomic E-state index is -0.464. The van der Waals surface area contributed by atoms with Gasteiger partial charge in [-0.05, 0) is 118 Å². The molecule has 10 aromatic carbocycles. The van der Waals surface area contributed by atoms with Crippen molar-refractivity contribution in [1.82, 2.24) is 0 Å². The van der Waals surface area contributed by atoms with Crippen molar-refractivity contribution in [2.75, 3.05) is 0 Å². The molecule has 0 radical (unpaired) electrons. The summed E-state index contributed by atoms with van der Waals surface area (Å²) in [6, 6.07) is 44.8. The van der Waals surface area contributed by atoms with E-state index in [1.807, 2.05) is 103 Å². The molecule has 0 N–H and O–H groups in total. The quantitative estimate of drug-likeness (QED) is 0.133. The van der Waals surface area contributed by atoms with Crippen molar-refractivity contribution in [2.24, 2.45) is 0 Å². The molecule has 1 aromatic heterocycles. The molecule has 11 rings (SSSR count). The summed E-state index contributed by atoms with van der Waals surface area (Å²) < 4.78 is 80.6. The summed E-state index contributed by atoms with van der Waals surface area (Å²) in [5, 5.41) is 7.42. The number of furan rings is 1. The van der Waals surface area contributed by atoms with Crippen molar-refractivity contribution in [1.29, 1.82) is 0 Å². The average molecular weight is 681 g/mol. The Morgan fingerprint density at radius 1 is 0.340 bits per heavy atom. The lowest BCUT2D eigenvalue weighted by atomic mass is 9.85. The second-order valence-corrected chi connectivity index (χ2v) is 13.4. The highest BCUT2D eigenvalue weighted by atomic mass is 16.3. The zero-order valence-corrected chi connectivity index (χ0v) is 28.3. The Balaban J connectivity index is 1.30. The molecule has 0 aliphatic carbocycles. The molecule has 0 aliphatic rings. The van der Waals surface area contributed by atoms with Gasteiger partial charge in [-0.3, -0.25) is 0 Å². The van der Waals surface area contributed by atoms with Gasteiger partial charge in [0.25, 0.3) is 0 Å². The minimum absolute atomic E-state index is 0.103. The number of rotatable bonds is 4. The Bertz CT molecular complexity index is 3610. The number of fused-ring (bicyclic) bond motifs is 7. The fraction of sp³-hybridized carbons (Fsp3) is 0. The van der Waals surface area contributed by atoms with Gasteiger partial charge in [0.1, 0.15) is 11.3 Å². The predicted molar refractivity (Wildman–Crippen MR) is 225 cm³/mol. The molecule has 11 aromatic rings. The van der Waals surface area contributed by atoms with Crippen LogP contribution in [-0.2, 0) is 0 Å². The van der Waals surface area contributed by atoms with Crippen molar-refractivity contribution in [3.05, 3.63) is 194 Å². The van der Waals surface area contributed by atoms with Crippen molar-refractivity contribution in [3.63, 3.8) is 0 Å². The second-order valence-electron chi connectivity index (χ2n) is 13.4. The first-order chi connectivity index (χ1) is 29.6. The molecule has 0 atom stereocenters. The van der Waals surface area contributed by atoms with E-state index in [1.165, 1.54) is 0 Å². The van der Waals surface area contributed by atoms with Crippen LogP contribution in [0.15, 0.2) is 198 Å². The van der Waals surface area contributed by atoms with Crippen LogP contribution >= 0.6 is 0 Å². The van der Waals surface area contributed by atoms with E-state index in [0.717, 1.165) is 60.0 Å². The fourth-order valence-electron chi connectivity index (χ4n) is 8.08. The first-order valence-electron chi connectivity index (χ1n) is 21.6. The maximum Gasteiger partial charge on any atom is 0.136 e. The third-order valence-electron chi connectivity index (χ3n) is 10.5. The molecule has 0 fully saturated rings. The van der Waals surface area contributed by atoms with Gasteiger partial charge in [-0.25, -0.2) is 0 Å². The van der Waals surface area contributed by atoms with Gasteiger partial charge in [-0.2, -0.15) is 0 Å². The van der Waals surface area contributed by atoms with E-state index in [4.69, 9.17) is 9.90 Å². The van der Waals surface area contributed by atoms with Crippen molar-refractivity contribution in [2.45, 2.75) is 0 Å². The van der Waals surface area contributed by atoms with Gasteiger partial charge >= 0.3 is 0 Å². The van der Waals surface area contributed by atoms with Gasteiger partial charge in [-0.15, -0.1) is 0 Å². The van der Waals surface area contributed by atoms with Crippen LogP contribution in [-0.4, -0.2) is 0 Å². The summed E-state index contributed by atoms with van der Waals surface area (Å²) in [6.45, 7) is 0. The molecule has 0 aliphatic heterocycles. The summed E-state index contributed by atoms with van der Waals surface area (Å²) in [7, 11) is 0. The molecule has 0 amide bonds. The number of benzene rings is 10. The molecular weight excluding hydrogens is 641 g/mol. The third kappa shape index (κ3) is 4.71. The van der Waals surface area contributed by atoms with E-state index in [0.29, 0.717) is 11.1 Å². The lowest BCUT2D eigenvalue weighted by Crippen LogP contribution is -1.91. The summed E-state index contributed by atoms with van der Waals surface area (Å²) in [4.78, 5) is 0. The summed E-state index contributed by atoms with van der Waals surface area (Å²) in [5.74, 6) is 0.220. The predicted octanol–water partition coefficient (Wildman–Crippen LogP) is 14.9. The molecule has 53 heavy (non-hydrogen) atoms. The standard InChI is InChI=1S/C52H32O/c1-2-13-33(14-3-1)40-23-12-24-49-48(40)32-50(53-49)52-44-21-10-8-19-42(44)51(43-20-9-11-22-45(43)52)38-29-36-16-5-7-18-41(36)47(31-38)37-28-27-35-26-25-34-15-4-6-17-39(34)46(35)30-37/h1-32H/i8D,9D,10D,11D,19D,20D,21D,22D. The van der Waals surface area contributed by atoms with Crippen LogP contribution in [0.1, 0.15) is 11.0 Å². The van der Waals surface area contributed by atoms with Crippen LogP contribution in [0.4, 0.5) is 0 Å². The van der Waals surface area contributed by atoms with E-state index in [1.54, 1.807) is 0 Å². The van der Waals surface area contributed by atoms with Gasteiger partial charge < -0.3 is 4.42 Å². The minimum Gasteiger partial charge on any atom is -0.456 e. The molecule has 0 saturated carbocycles. The summed E-state index contributed by atoms with van der Waals surface area (Å²) in [6.07, 6.45) is 0. The van der Waals surface area contributed by atoms with Crippen LogP contribution in [0, 0.1) is 0 Å². The summed E-state index contributed by atoms with van der Waals surface area (Å²) >= 11 is 0. The smallest absolute Gasteiger partial charge is 0.136 e. The highest BCUT2D eigenvalue weighted by molar-refractivity contribution is 6.22. The molecule has 0 unspecified atom stereocenters. The van der Waals surface area contributed by atoms with Crippen molar-refractivity contribution in [3.8, 4) is 44.7 Å². The molecule has 0 bridgehead atoms.